The molecule has 0 aromatic heterocycles. The van der Waals surface area contributed by atoms with Gasteiger partial charge in [0.05, 0.1) is 0 Å². The minimum Gasteiger partial charge on any atom is -0.0654 e. The second-order valence-corrected chi connectivity index (χ2v) is 5.41. The number of hydrogen-bond donors (Lipinski definition) is 0. The average Bonchev–Trinajstić information content (AvgIpc) is 2.03. The molecule has 86 valence electrons. The Balaban J connectivity index is 3.76. The lowest BCUT2D eigenvalue weighted by molar-refractivity contribution is 0.311. The van der Waals surface area contributed by atoms with Crippen LogP contribution in [0.3, 0.4) is 0 Å². The molecule has 0 aliphatic carbocycles. The lowest BCUT2D eigenvalue weighted by atomic mass is 9.85. The molecule has 0 bridgehead atoms. The zero-order valence-corrected chi connectivity index (χ0v) is 11.0. The van der Waals surface area contributed by atoms with Crippen LogP contribution in [0, 0.1) is 17.8 Å². The van der Waals surface area contributed by atoms with Crippen molar-refractivity contribution < 1.29 is 0 Å². The lowest BCUT2D eigenvalue weighted by Gasteiger charge is -2.21. The number of hydrogen-bond acceptors (Lipinski definition) is 0. The molecule has 0 heterocycles. The molecular formula is C14H30. The molecule has 0 aromatic rings. The molecule has 0 aromatic carbocycles. The summed E-state index contributed by atoms with van der Waals surface area (Å²) in [6.07, 6.45) is 8.47. The van der Waals surface area contributed by atoms with E-state index in [0.717, 1.165) is 17.8 Å². The Kier molecular flexibility index (Phi) is 8.32. The van der Waals surface area contributed by atoms with Gasteiger partial charge in [0.25, 0.3) is 0 Å². The number of rotatable bonds is 8. The van der Waals surface area contributed by atoms with Crippen molar-refractivity contribution in [3.8, 4) is 0 Å². The van der Waals surface area contributed by atoms with Gasteiger partial charge in [-0.15, -0.1) is 0 Å². The van der Waals surface area contributed by atoms with Gasteiger partial charge in [-0.25, -0.2) is 0 Å². The van der Waals surface area contributed by atoms with Crippen LogP contribution in [-0.4, -0.2) is 0 Å². The quantitative estimate of drug-likeness (QED) is 0.498. The lowest BCUT2D eigenvalue weighted by Crippen LogP contribution is -2.08. The van der Waals surface area contributed by atoms with Gasteiger partial charge in [0.2, 0.25) is 0 Å². The van der Waals surface area contributed by atoms with E-state index < -0.39 is 0 Å². The van der Waals surface area contributed by atoms with E-state index in [1.807, 2.05) is 0 Å². The molecule has 0 rings (SSSR count). The second kappa shape index (κ2) is 8.32. The van der Waals surface area contributed by atoms with Crippen molar-refractivity contribution in [1.29, 1.82) is 0 Å². The summed E-state index contributed by atoms with van der Waals surface area (Å²) >= 11 is 0. The molecule has 0 nitrogen and oxygen atoms in total. The van der Waals surface area contributed by atoms with Gasteiger partial charge in [-0.3, -0.25) is 0 Å². The van der Waals surface area contributed by atoms with Crippen LogP contribution < -0.4 is 0 Å². The second-order valence-electron chi connectivity index (χ2n) is 5.41. The summed E-state index contributed by atoms with van der Waals surface area (Å²) in [6, 6.07) is 0. The molecule has 0 spiro atoms. The van der Waals surface area contributed by atoms with Crippen molar-refractivity contribution in [3.63, 3.8) is 0 Å². The van der Waals surface area contributed by atoms with Crippen LogP contribution in [0.5, 0.6) is 0 Å². The van der Waals surface area contributed by atoms with Gasteiger partial charge in [0.1, 0.15) is 0 Å². The van der Waals surface area contributed by atoms with Crippen molar-refractivity contribution in [2.75, 3.05) is 0 Å². The van der Waals surface area contributed by atoms with E-state index in [1.165, 1.54) is 38.5 Å². The zero-order chi connectivity index (χ0) is 11.0. The van der Waals surface area contributed by atoms with Crippen molar-refractivity contribution in [2.45, 2.75) is 73.1 Å². The predicted molar refractivity (Wildman–Crippen MR) is 66.5 cm³/mol. The van der Waals surface area contributed by atoms with E-state index in [4.69, 9.17) is 0 Å². The van der Waals surface area contributed by atoms with Crippen molar-refractivity contribution >= 4 is 0 Å². The van der Waals surface area contributed by atoms with Crippen LogP contribution >= 0.6 is 0 Å². The van der Waals surface area contributed by atoms with Crippen molar-refractivity contribution in [2.24, 2.45) is 17.8 Å². The Morgan fingerprint density at radius 2 is 1.29 bits per heavy atom. The maximum absolute atomic E-state index is 2.43. The van der Waals surface area contributed by atoms with E-state index in [1.54, 1.807) is 0 Å². The first-order valence-electron chi connectivity index (χ1n) is 6.60. The molecule has 0 amide bonds. The first-order valence-corrected chi connectivity index (χ1v) is 6.60. The van der Waals surface area contributed by atoms with Crippen molar-refractivity contribution in [1.82, 2.24) is 0 Å². The van der Waals surface area contributed by atoms with Crippen LogP contribution in [0.15, 0.2) is 0 Å². The topological polar surface area (TPSA) is 0 Å². The fourth-order valence-corrected chi connectivity index (χ4v) is 2.67. The first-order chi connectivity index (χ1) is 6.60. The Morgan fingerprint density at radius 3 is 1.64 bits per heavy atom. The minimum absolute atomic E-state index is 0.869. The van der Waals surface area contributed by atoms with Crippen LogP contribution in [0.4, 0.5) is 0 Å². The zero-order valence-electron chi connectivity index (χ0n) is 11.0. The first kappa shape index (κ1) is 14.0. The monoisotopic (exact) mass is 198 g/mol. The summed E-state index contributed by atoms with van der Waals surface area (Å²) in [4.78, 5) is 0. The van der Waals surface area contributed by atoms with Gasteiger partial charge >= 0.3 is 0 Å². The van der Waals surface area contributed by atoms with E-state index in [0.29, 0.717) is 0 Å². The minimum atomic E-state index is 0.869. The normalized spacial score (nSPS) is 13.9. The molecular weight excluding hydrogens is 168 g/mol. The van der Waals surface area contributed by atoms with Crippen LogP contribution in [0.2, 0.25) is 0 Å². The molecule has 0 aliphatic rings. The molecule has 0 saturated carbocycles. The van der Waals surface area contributed by atoms with E-state index >= 15 is 0 Å². The van der Waals surface area contributed by atoms with Crippen LogP contribution in [0.1, 0.15) is 73.1 Å². The third-order valence-electron chi connectivity index (χ3n) is 3.00. The van der Waals surface area contributed by atoms with Gasteiger partial charge in [-0.05, 0) is 30.6 Å². The molecule has 0 aliphatic heterocycles. The summed E-state index contributed by atoms with van der Waals surface area (Å²) in [5.74, 6) is 2.80. The van der Waals surface area contributed by atoms with Gasteiger partial charge in [0.15, 0.2) is 0 Å². The maximum atomic E-state index is 2.43. The largest absolute Gasteiger partial charge is 0.0654 e. The van der Waals surface area contributed by atoms with Crippen LogP contribution in [0.25, 0.3) is 0 Å². The van der Waals surface area contributed by atoms with E-state index in [2.05, 4.69) is 34.6 Å². The molecule has 1 unspecified atom stereocenters. The maximum Gasteiger partial charge on any atom is -0.0412 e. The SMILES string of the molecule is CCCC(CCC)CC(C)CC(C)C. The molecule has 0 fully saturated rings. The summed E-state index contributed by atoms with van der Waals surface area (Å²) in [7, 11) is 0. The van der Waals surface area contributed by atoms with Gasteiger partial charge < -0.3 is 0 Å². The van der Waals surface area contributed by atoms with Gasteiger partial charge in [-0.2, -0.15) is 0 Å². The van der Waals surface area contributed by atoms with Crippen LogP contribution in [-0.2, 0) is 0 Å². The smallest absolute Gasteiger partial charge is 0.0412 e. The third-order valence-corrected chi connectivity index (χ3v) is 3.00. The highest BCUT2D eigenvalue weighted by molar-refractivity contribution is 4.64. The molecule has 14 heavy (non-hydrogen) atoms. The Morgan fingerprint density at radius 1 is 0.786 bits per heavy atom. The Bertz CT molecular complexity index is 109. The molecule has 1 atom stereocenters. The summed E-state index contributed by atoms with van der Waals surface area (Å²) in [5, 5.41) is 0. The summed E-state index contributed by atoms with van der Waals surface area (Å²) in [5.41, 5.74) is 0. The van der Waals surface area contributed by atoms with E-state index in [-0.39, 0.29) is 0 Å². The van der Waals surface area contributed by atoms with E-state index in [9.17, 15) is 0 Å². The van der Waals surface area contributed by atoms with Gasteiger partial charge in [-0.1, -0.05) is 60.3 Å². The average molecular weight is 198 g/mol. The highest BCUT2D eigenvalue weighted by atomic mass is 14.2. The molecule has 0 saturated heterocycles. The predicted octanol–water partition coefficient (Wildman–Crippen LogP) is 5.28. The summed E-state index contributed by atoms with van der Waals surface area (Å²) < 4.78 is 0. The fraction of sp³-hybridized carbons (Fsp3) is 1.00. The van der Waals surface area contributed by atoms with Gasteiger partial charge in [0, 0.05) is 0 Å². The van der Waals surface area contributed by atoms with Crippen molar-refractivity contribution in [3.05, 3.63) is 0 Å². The highest BCUT2D eigenvalue weighted by Gasteiger charge is 2.12. The fourth-order valence-electron chi connectivity index (χ4n) is 2.67. The summed E-state index contributed by atoms with van der Waals surface area (Å²) in [6.45, 7) is 11.7. The third kappa shape index (κ3) is 7.41. The highest BCUT2D eigenvalue weighted by Crippen LogP contribution is 2.25. The Hall–Kier alpha value is 0. The Labute approximate surface area is 91.5 Å². The standard InChI is InChI=1S/C14H30/c1-6-8-14(9-7-2)11-13(5)10-12(3)4/h12-14H,6-11H2,1-5H3. The molecule has 0 N–H and O–H groups in total. The molecule has 0 radical (unpaired) electrons. The molecule has 0 heteroatoms.